The van der Waals surface area contributed by atoms with Gasteiger partial charge in [0.1, 0.15) is 0 Å². The van der Waals surface area contributed by atoms with E-state index in [4.69, 9.17) is 18.9 Å². The molecule has 0 aromatic heterocycles. The Morgan fingerprint density at radius 2 is 1.76 bits per heavy atom. The molecule has 1 saturated heterocycles. The molecule has 2 amide bonds. The van der Waals surface area contributed by atoms with E-state index in [-0.39, 0.29) is 0 Å². The van der Waals surface area contributed by atoms with Gasteiger partial charge >= 0.3 is 11.8 Å². The molecule has 0 spiro atoms. The molecule has 1 aliphatic rings. The number of methoxy groups -OCH3 is 3. The van der Waals surface area contributed by atoms with Gasteiger partial charge in [-0.1, -0.05) is 0 Å². The number of amides is 2. The Bertz CT molecular complexity index is 694. The summed E-state index contributed by atoms with van der Waals surface area (Å²) in [6.45, 7) is 4.52. The van der Waals surface area contributed by atoms with Crippen LogP contribution in [0.25, 0.3) is 0 Å². The van der Waals surface area contributed by atoms with Crippen LogP contribution in [0.4, 0.5) is 0 Å². The third-order valence-corrected chi connectivity index (χ3v) is 4.31. The second kappa shape index (κ2) is 11.9. The maximum atomic E-state index is 11.8. The predicted octanol–water partition coefficient (Wildman–Crippen LogP) is 0.00100. The molecule has 29 heavy (non-hydrogen) atoms. The Morgan fingerprint density at radius 1 is 1.10 bits per heavy atom. The van der Waals surface area contributed by atoms with Crippen LogP contribution in [0.3, 0.4) is 0 Å². The minimum absolute atomic E-state index is 0.417. The zero-order valence-corrected chi connectivity index (χ0v) is 17.0. The molecule has 0 aliphatic carbocycles. The molecule has 1 fully saturated rings. The van der Waals surface area contributed by atoms with Gasteiger partial charge in [0.05, 0.1) is 40.8 Å². The summed E-state index contributed by atoms with van der Waals surface area (Å²) < 4.78 is 21.0. The molecule has 0 radical (unpaired) electrons. The lowest BCUT2D eigenvalue weighted by Gasteiger charge is -2.26. The lowest BCUT2D eigenvalue weighted by molar-refractivity contribution is -0.139. The zero-order valence-electron chi connectivity index (χ0n) is 17.0. The Balaban J connectivity index is 1.78. The number of hydrazone groups is 1. The first kappa shape index (κ1) is 22.4. The van der Waals surface area contributed by atoms with Crippen molar-refractivity contribution in [3.05, 3.63) is 17.7 Å². The smallest absolute Gasteiger partial charge is 0.329 e. The van der Waals surface area contributed by atoms with Gasteiger partial charge in [0, 0.05) is 25.2 Å². The normalized spacial score (nSPS) is 14.4. The van der Waals surface area contributed by atoms with E-state index in [1.165, 1.54) is 27.5 Å². The van der Waals surface area contributed by atoms with Crippen LogP contribution in [-0.4, -0.2) is 83.7 Å². The number of rotatable bonds is 9. The summed E-state index contributed by atoms with van der Waals surface area (Å²) in [5.41, 5.74) is 2.81. The second-order valence-corrected chi connectivity index (χ2v) is 6.22. The van der Waals surface area contributed by atoms with Crippen molar-refractivity contribution in [1.82, 2.24) is 15.6 Å². The first-order valence-electron chi connectivity index (χ1n) is 9.30. The van der Waals surface area contributed by atoms with Gasteiger partial charge in [-0.15, -0.1) is 0 Å². The lowest BCUT2D eigenvalue weighted by Crippen LogP contribution is -2.40. The third-order valence-electron chi connectivity index (χ3n) is 4.31. The number of nitrogens with one attached hydrogen (secondary N) is 2. The molecule has 2 N–H and O–H groups in total. The molecular formula is C19H28N4O6. The monoisotopic (exact) mass is 408 g/mol. The van der Waals surface area contributed by atoms with Gasteiger partial charge in [-0.25, -0.2) is 5.43 Å². The maximum Gasteiger partial charge on any atom is 0.329 e. The summed E-state index contributed by atoms with van der Waals surface area (Å²) in [7, 11) is 4.51. The molecule has 2 rings (SSSR count). The van der Waals surface area contributed by atoms with Crippen LogP contribution in [0.2, 0.25) is 0 Å². The Hall–Kier alpha value is -2.85. The Labute approximate surface area is 170 Å². The summed E-state index contributed by atoms with van der Waals surface area (Å²) in [6, 6.07) is 3.34. The van der Waals surface area contributed by atoms with Gasteiger partial charge in [-0.3, -0.25) is 14.5 Å². The molecule has 1 heterocycles. The van der Waals surface area contributed by atoms with E-state index in [0.717, 1.165) is 39.3 Å². The predicted molar refractivity (Wildman–Crippen MR) is 107 cm³/mol. The largest absolute Gasteiger partial charge is 0.493 e. The number of carbonyl (C=O) groups excluding carboxylic acids is 2. The minimum Gasteiger partial charge on any atom is -0.493 e. The van der Waals surface area contributed by atoms with E-state index in [0.29, 0.717) is 29.4 Å². The molecule has 1 aliphatic heterocycles. The topological polar surface area (TPSA) is 111 Å². The average Bonchev–Trinajstić information content (AvgIpc) is 2.76. The van der Waals surface area contributed by atoms with Crippen molar-refractivity contribution < 1.29 is 28.5 Å². The summed E-state index contributed by atoms with van der Waals surface area (Å²) >= 11 is 0. The van der Waals surface area contributed by atoms with Gasteiger partial charge in [0.15, 0.2) is 11.5 Å². The van der Waals surface area contributed by atoms with Gasteiger partial charge in [0.2, 0.25) is 5.75 Å². The summed E-state index contributed by atoms with van der Waals surface area (Å²) in [4.78, 5) is 25.9. The molecule has 1 aromatic rings. The summed E-state index contributed by atoms with van der Waals surface area (Å²) in [5, 5.41) is 6.39. The van der Waals surface area contributed by atoms with Crippen molar-refractivity contribution >= 4 is 18.0 Å². The fraction of sp³-hybridized carbons (Fsp3) is 0.526. The molecule has 10 nitrogen and oxygen atoms in total. The van der Waals surface area contributed by atoms with Crippen LogP contribution in [-0.2, 0) is 14.3 Å². The SMILES string of the molecule is COc1cc(/C=N\NC(=O)C(=O)NCCCN2CCOCC2)cc(OC)c1OC. The number of carbonyl (C=O) groups is 2. The fourth-order valence-corrected chi connectivity index (χ4v) is 2.80. The van der Waals surface area contributed by atoms with Crippen molar-refractivity contribution in [2.24, 2.45) is 5.10 Å². The lowest BCUT2D eigenvalue weighted by atomic mass is 10.2. The highest BCUT2D eigenvalue weighted by molar-refractivity contribution is 6.35. The third kappa shape index (κ3) is 6.91. The van der Waals surface area contributed by atoms with Crippen LogP contribution in [0.15, 0.2) is 17.2 Å². The van der Waals surface area contributed by atoms with Crippen molar-refractivity contribution in [2.45, 2.75) is 6.42 Å². The van der Waals surface area contributed by atoms with Crippen molar-refractivity contribution in [1.29, 1.82) is 0 Å². The van der Waals surface area contributed by atoms with Crippen LogP contribution in [0.5, 0.6) is 17.2 Å². The molecule has 160 valence electrons. The summed E-state index contributed by atoms with van der Waals surface area (Å²) in [6.07, 6.45) is 2.14. The van der Waals surface area contributed by atoms with Crippen LogP contribution in [0, 0.1) is 0 Å². The molecule has 0 bridgehead atoms. The van der Waals surface area contributed by atoms with E-state index in [2.05, 4.69) is 20.7 Å². The highest BCUT2D eigenvalue weighted by Crippen LogP contribution is 2.37. The molecule has 0 atom stereocenters. The van der Waals surface area contributed by atoms with Gasteiger partial charge in [-0.05, 0) is 25.1 Å². The van der Waals surface area contributed by atoms with Gasteiger partial charge in [-0.2, -0.15) is 5.10 Å². The van der Waals surface area contributed by atoms with Crippen LogP contribution in [0.1, 0.15) is 12.0 Å². The maximum absolute atomic E-state index is 11.8. The van der Waals surface area contributed by atoms with Crippen LogP contribution < -0.4 is 25.0 Å². The Kier molecular flexibility index (Phi) is 9.19. The highest BCUT2D eigenvalue weighted by atomic mass is 16.5. The summed E-state index contributed by atoms with van der Waals surface area (Å²) in [5.74, 6) is -0.197. The first-order valence-corrected chi connectivity index (χ1v) is 9.30. The van der Waals surface area contributed by atoms with E-state index in [1.54, 1.807) is 12.1 Å². The highest BCUT2D eigenvalue weighted by Gasteiger charge is 2.14. The van der Waals surface area contributed by atoms with E-state index in [1.807, 2.05) is 0 Å². The molecule has 0 saturated carbocycles. The molecular weight excluding hydrogens is 380 g/mol. The Morgan fingerprint density at radius 3 is 2.34 bits per heavy atom. The first-order chi connectivity index (χ1) is 14.1. The number of morpholine rings is 1. The number of hydrogen-bond donors (Lipinski definition) is 2. The van der Waals surface area contributed by atoms with Crippen molar-refractivity contribution in [2.75, 3.05) is 60.7 Å². The molecule has 0 unspecified atom stereocenters. The number of nitrogens with zero attached hydrogens (tertiary/aromatic N) is 2. The van der Waals surface area contributed by atoms with Crippen LogP contribution >= 0.6 is 0 Å². The minimum atomic E-state index is -0.833. The van der Waals surface area contributed by atoms with E-state index >= 15 is 0 Å². The molecule has 1 aromatic carbocycles. The average molecular weight is 408 g/mol. The number of hydrogen-bond acceptors (Lipinski definition) is 8. The van der Waals surface area contributed by atoms with Crippen molar-refractivity contribution in [3.63, 3.8) is 0 Å². The molecule has 10 heteroatoms. The van der Waals surface area contributed by atoms with Gasteiger partial charge < -0.3 is 24.3 Å². The van der Waals surface area contributed by atoms with Crippen molar-refractivity contribution in [3.8, 4) is 17.2 Å². The quantitative estimate of drug-likeness (QED) is 0.256. The fourth-order valence-electron chi connectivity index (χ4n) is 2.80. The van der Waals surface area contributed by atoms with E-state index < -0.39 is 11.8 Å². The second-order valence-electron chi connectivity index (χ2n) is 6.22. The number of ether oxygens (including phenoxy) is 4. The number of benzene rings is 1. The zero-order chi connectivity index (χ0) is 21.1. The standard InChI is InChI=1S/C19H28N4O6/c1-26-15-11-14(12-16(27-2)17(15)28-3)13-21-22-19(25)18(24)20-5-4-6-23-7-9-29-10-8-23/h11-13H,4-10H2,1-3H3,(H,20,24)(H,22,25)/b21-13-. The van der Waals surface area contributed by atoms with E-state index in [9.17, 15) is 9.59 Å². The van der Waals surface area contributed by atoms with Gasteiger partial charge in [0.25, 0.3) is 0 Å².